The molecule has 1 atom stereocenters. The van der Waals surface area contributed by atoms with Gasteiger partial charge in [0.05, 0.1) is 13.5 Å². The summed E-state index contributed by atoms with van der Waals surface area (Å²) in [5, 5.41) is 0.680. The summed E-state index contributed by atoms with van der Waals surface area (Å²) in [6.45, 7) is 3.23. The van der Waals surface area contributed by atoms with Gasteiger partial charge >= 0.3 is 0 Å². The first-order valence-corrected chi connectivity index (χ1v) is 11.0. The van der Waals surface area contributed by atoms with Crippen LogP contribution in [0.2, 0.25) is 5.02 Å². The summed E-state index contributed by atoms with van der Waals surface area (Å²) in [7, 11) is 1.48. The number of likely N-dealkylation sites (tertiary alicyclic amines) is 2. The molecule has 0 saturated carbocycles. The van der Waals surface area contributed by atoms with Crippen LogP contribution in [0.1, 0.15) is 36.8 Å². The second-order valence-corrected chi connectivity index (χ2v) is 8.88. The summed E-state index contributed by atoms with van der Waals surface area (Å²) in [4.78, 5) is 17.5. The van der Waals surface area contributed by atoms with Gasteiger partial charge in [-0.2, -0.15) is 0 Å². The standard InChI is InChI=1S/C24H28ClFN2O2/c1-30-22-9-6-19(14-21(22)26)16-28-13-3-11-24(28)10-2-12-27(17-24)23(29)15-18-4-7-20(25)8-5-18/h4-9,14H,2-3,10-13,15-17H2,1H3. The number of amides is 1. The van der Waals surface area contributed by atoms with E-state index < -0.39 is 0 Å². The highest BCUT2D eigenvalue weighted by atomic mass is 35.5. The maximum absolute atomic E-state index is 14.2. The molecule has 4 rings (SSSR count). The summed E-state index contributed by atoms with van der Waals surface area (Å²) >= 11 is 5.96. The minimum Gasteiger partial charge on any atom is -0.494 e. The van der Waals surface area contributed by atoms with Crippen LogP contribution >= 0.6 is 11.6 Å². The van der Waals surface area contributed by atoms with E-state index in [-0.39, 0.29) is 23.0 Å². The molecule has 30 heavy (non-hydrogen) atoms. The zero-order valence-electron chi connectivity index (χ0n) is 17.4. The van der Waals surface area contributed by atoms with Crippen molar-refractivity contribution in [2.24, 2.45) is 0 Å². The first-order chi connectivity index (χ1) is 14.5. The van der Waals surface area contributed by atoms with Crippen LogP contribution in [0.5, 0.6) is 5.75 Å². The van der Waals surface area contributed by atoms with Crippen LogP contribution in [-0.4, -0.2) is 48.0 Å². The Bertz CT molecular complexity index is 905. The lowest BCUT2D eigenvalue weighted by Gasteiger charge is -2.46. The Morgan fingerprint density at radius 3 is 2.50 bits per heavy atom. The topological polar surface area (TPSA) is 32.8 Å². The van der Waals surface area contributed by atoms with Crippen molar-refractivity contribution in [3.63, 3.8) is 0 Å². The number of ether oxygens (including phenoxy) is 1. The molecule has 2 aromatic rings. The maximum Gasteiger partial charge on any atom is 0.227 e. The Labute approximate surface area is 182 Å². The number of carbonyl (C=O) groups excluding carboxylic acids is 1. The Morgan fingerprint density at radius 1 is 1.10 bits per heavy atom. The van der Waals surface area contributed by atoms with Crippen LogP contribution in [0.3, 0.4) is 0 Å². The molecule has 2 aliphatic rings. The smallest absolute Gasteiger partial charge is 0.227 e. The maximum atomic E-state index is 14.2. The Hall–Kier alpha value is -2.11. The number of rotatable bonds is 5. The van der Waals surface area contributed by atoms with Gasteiger partial charge in [-0.05, 0) is 67.6 Å². The van der Waals surface area contributed by atoms with Crippen LogP contribution in [0, 0.1) is 5.82 Å². The second kappa shape index (κ2) is 8.94. The van der Waals surface area contributed by atoms with Crippen molar-refractivity contribution in [3.05, 3.63) is 64.4 Å². The lowest BCUT2D eigenvalue weighted by molar-refractivity contribution is -0.134. The number of carbonyl (C=O) groups is 1. The van der Waals surface area contributed by atoms with E-state index in [0.29, 0.717) is 18.0 Å². The predicted molar refractivity (Wildman–Crippen MR) is 116 cm³/mol. The molecule has 0 aromatic heterocycles. The summed E-state index contributed by atoms with van der Waals surface area (Å²) < 4.78 is 19.2. The van der Waals surface area contributed by atoms with Gasteiger partial charge in [-0.25, -0.2) is 4.39 Å². The normalized spacial score (nSPS) is 21.9. The van der Waals surface area contributed by atoms with Gasteiger partial charge in [0.1, 0.15) is 0 Å². The van der Waals surface area contributed by atoms with Crippen molar-refractivity contribution in [2.45, 2.75) is 44.2 Å². The van der Waals surface area contributed by atoms with Gasteiger partial charge in [0.15, 0.2) is 11.6 Å². The van der Waals surface area contributed by atoms with Gasteiger partial charge in [0, 0.05) is 30.2 Å². The summed E-state index contributed by atoms with van der Waals surface area (Å²) in [5.74, 6) is 0.108. The largest absolute Gasteiger partial charge is 0.494 e. The SMILES string of the molecule is COc1ccc(CN2CCCC23CCCN(C(=O)Cc2ccc(Cl)cc2)C3)cc1F. The predicted octanol–water partition coefficient (Wildman–Crippen LogP) is 4.69. The quantitative estimate of drug-likeness (QED) is 0.690. The van der Waals surface area contributed by atoms with E-state index in [9.17, 15) is 9.18 Å². The van der Waals surface area contributed by atoms with Crippen LogP contribution in [0.15, 0.2) is 42.5 Å². The fourth-order valence-electron chi connectivity index (χ4n) is 4.95. The average molecular weight is 431 g/mol. The van der Waals surface area contributed by atoms with Gasteiger partial charge < -0.3 is 9.64 Å². The third kappa shape index (κ3) is 4.47. The van der Waals surface area contributed by atoms with Gasteiger partial charge in [0.25, 0.3) is 0 Å². The van der Waals surface area contributed by atoms with Crippen LogP contribution in [0.25, 0.3) is 0 Å². The summed E-state index contributed by atoms with van der Waals surface area (Å²) in [6.07, 6.45) is 4.67. The van der Waals surface area contributed by atoms with E-state index in [1.807, 2.05) is 35.2 Å². The molecule has 2 heterocycles. The Kier molecular flexibility index (Phi) is 6.30. The number of piperidine rings is 1. The van der Waals surface area contributed by atoms with Gasteiger partial charge in [-0.3, -0.25) is 9.69 Å². The lowest BCUT2D eigenvalue weighted by Crippen LogP contribution is -2.56. The molecule has 6 heteroatoms. The van der Waals surface area contributed by atoms with Crippen molar-refractivity contribution in [1.82, 2.24) is 9.80 Å². The van der Waals surface area contributed by atoms with E-state index in [1.165, 1.54) is 7.11 Å². The summed E-state index contributed by atoms with van der Waals surface area (Å²) in [6, 6.07) is 12.7. The molecule has 1 amide bonds. The Balaban J connectivity index is 1.45. The highest BCUT2D eigenvalue weighted by molar-refractivity contribution is 6.30. The first kappa shape index (κ1) is 21.1. The van der Waals surface area contributed by atoms with E-state index in [0.717, 1.165) is 56.4 Å². The highest BCUT2D eigenvalue weighted by Crippen LogP contribution is 2.38. The molecule has 1 spiro atoms. The lowest BCUT2D eigenvalue weighted by atomic mass is 9.86. The van der Waals surface area contributed by atoms with Crippen molar-refractivity contribution in [1.29, 1.82) is 0 Å². The van der Waals surface area contributed by atoms with Crippen molar-refractivity contribution < 1.29 is 13.9 Å². The number of hydrogen-bond acceptors (Lipinski definition) is 3. The van der Waals surface area contributed by atoms with Crippen molar-refractivity contribution >= 4 is 17.5 Å². The number of benzene rings is 2. The molecule has 2 saturated heterocycles. The first-order valence-electron chi connectivity index (χ1n) is 10.6. The van der Waals surface area contributed by atoms with Crippen molar-refractivity contribution in [2.75, 3.05) is 26.7 Å². The van der Waals surface area contributed by atoms with E-state index in [4.69, 9.17) is 16.3 Å². The molecular weight excluding hydrogens is 403 g/mol. The molecular formula is C24H28ClFN2O2. The third-order valence-electron chi connectivity index (χ3n) is 6.51. The molecule has 0 radical (unpaired) electrons. The van der Waals surface area contributed by atoms with E-state index >= 15 is 0 Å². The van der Waals surface area contributed by atoms with E-state index in [2.05, 4.69) is 4.90 Å². The molecule has 2 fully saturated rings. The third-order valence-corrected chi connectivity index (χ3v) is 6.76. The molecule has 1 unspecified atom stereocenters. The van der Waals surface area contributed by atoms with Gasteiger partial charge in [-0.15, -0.1) is 0 Å². The molecule has 2 aromatic carbocycles. The van der Waals surface area contributed by atoms with Crippen LogP contribution < -0.4 is 4.74 Å². The van der Waals surface area contributed by atoms with Gasteiger partial charge in [0.2, 0.25) is 5.91 Å². The summed E-state index contributed by atoms with van der Waals surface area (Å²) in [5.41, 5.74) is 1.92. The molecule has 160 valence electrons. The fourth-order valence-corrected chi connectivity index (χ4v) is 5.07. The second-order valence-electron chi connectivity index (χ2n) is 8.44. The van der Waals surface area contributed by atoms with Gasteiger partial charge in [-0.1, -0.05) is 29.8 Å². The molecule has 0 aliphatic carbocycles. The van der Waals surface area contributed by atoms with Crippen molar-refractivity contribution in [3.8, 4) is 5.75 Å². The molecule has 4 nitrogen and oxygen atoms in total. The Morgan fingerprint density at radius 2 is 1.80 bits per heavy atom. The minimum absolute atomic E-state index is 0.00961. The minimum atomic E-state index is -0.327. The number of halogens is 2. The van der Waals surface area contributed by atoms with Crippen LogP contribution in [-0.2, 0) is 17.8 Å². The zero-order chi connectivity index (χ0) is 21.1. The fraction of sp³-hybridized carbons (Fsp3) is 0.458. The number of hydrogen-bond donors (Lipinski definition) is 0. The number of methoxy groups -OCH3 is 1. The molecule has 0 bridgehead atoms. The number of nitrogens with zero attached hydrogens (tertiary/aromatic N) is 2. The average Bonchev–Trinajstić information content (AvgIpc) is 3.11. The highest BCUT2D eigenvalue weighted by Gasteiger charge is 2.44. The molecule has 2 aliphatic heterocycles. The van der Waals surface area contributed by atoms with E-state index in [1.54, 1.807) is 12.1 Å². The van der Waals surface area contributed by atoms with Crippen LogP contribution in [0.4, 0.5) is 4.39 Å². The monoisotopic (exact) mass is 430 g/mol. The zero-order valence-corrected chi connectivity index (χ0v) is 18.1. The molecule has 0 N–H and O–H groups in total.